The summed E-state index contributed by atoms with van der Waals surface area (Å²) in [5, 5.41) is 8.63. The van der Waals surface area contributed by atoms with E-state index in [0.29, 0.717) is 36.7 Å². The maximum absolute atomic E-state index is 12.2. The van der Waals surface area contributed by atoms with Crippen molar-refractivity contribution in [1.82, 2.24) is 9.88 Å². The maximum Gasteiger partial charge on any atom is 0.272 e. The summed E-state index contributed by atoms with van der Waals surface area (Å²) in [5.74, 6) is 6.61. The van der Waals surface area contributed by atoms with Gasteiger partial charge in [-0.2, -0.15) is 0 Å². The second-order valence-corrected chi connectivity index (χ2v) is 6.04. The van der Waals surface area contributed by atoms with Crippen molar-refractivity contribution in [3.63, 3.8) is 0 Å². The SMILES string of the molecule is O=C(c1ccc(C#CCCO)cn1)N1CCS(=O)CC1. The predicted octanol–water partition coefficient (Wildman–Crippen LogP) is 0.0200. The molecule has 1 saturated heterocycles. The first-order valence-corrected chi connectivity index (χ1v) is 7.89. The molecular formula is C14H16N2O3S. The van der Waals surface area contributed by atoms with Crippen LogP contribution in [0.4, 0.5) is 0 Å². The highest BCUT2D eigenvalue weighted by molar-refractivity contribution is 7.85. The van der Waals surface area contributed by atoms with Crippen molar-refractivity contribution in [2.24, 2.45) is 0 Å². The van der Waals surface area contributed by atoms with Crippen LogP contribution in [0, 0.1) is 11.8 Å². The summed E-state index contributed by atoms with van der Waals surface area (Å²) >= 11 is 0. The van der Waals surface area contributed by atoms with Crippen LogP contribution in [0.15, 0.2) is 18.3 Å². The summed E-state index contributed by atoms with van der Waals surface area (Å²) in [6.07, 6.45) is 1.98. The highest BCUT2D eigenvalue weighted by atomic mass is 32.2. The molecule has 20 heavy (non-hydrogen) atoms. The van der Waals surface area contributed by atoms with Gasteiger partial charge in [0, 0.05) is 53.6 Å². The zero-order valence-electron chi connectivity index (χ0n) is 11.0. The summed E-state index contributed by atoms with van der Waals surface area (Å²) in [6, 6.07) is 3.39. The van der Waals surface area contributed by atoms with E-state index in [9.17, 15) is 9.00 Å². The third kappa shape index (κ3) is 3.89. The molecule has 1 aromatic rings. The van der Waals surface area contributed by atoms with E-state index in [1.165, 1.54) is 0 Å². The Hall–Kier alpha value is -1.71. The Balaban J connectivity index is 2.01. The number of aromatic nitrogens is 1. The van der Waals surface area contributed by atoms with E-state index in [0.717, 1.165) is 5.56 Å². The van der Waals surface area contributed by atoms with E-state index < -0.39 is 10.8 Å². The Kier molecular flexibility index (Phi) is 5.27. The number of amides is 1. The Morgan fingerprint density at radius 2 is 2.15 bits per heavy atom. The molecule has 0 bridgehead atoms. The Bertz CT molecular complexity index is 550. The Morgan fingerprint density at radius 1 is 1.40 bits per heavy atom. The van der Waals surface area contributed by atoms with Crippen LogP contribution in [0.5, 0.6) is 0 Å². The third-order valence-corrected chi connectivity index (χ3v) is 4.19. The average Bonchev–Trinajstić information content (AvgIpc) is 2.48. The fraction of sp³-hybridized carbons (Fsp3) is 0.429. The monoisotopic (exact) mass is 292 g/mol. The van der Waals surface area contributed by atoms with Gasteiger partial charge < -0.3 is 10.0 Å². The molecule has 106 valence electrons. The minimum atomic E-state index is -0.795. The third-order valence-electron chi connectivity index (χ3n) is 2.92. The number of hydrogen-bond donors (Lipinski definition) is 1. The van der Waals surface area contributed by atoms with Crippen LogP contribution in [0.2, 0.25) is 0 Å². The number of aliphatic hydroxyl groups excluding tert-OH is 1. The molecule has 1 N–H and O–H groups in total. The molecule has 0 spiro atoms. The molecule has 0 aliphatic carbocycles. The Labute approximate surface area is 120 Å². The lowest BCUT2D eigenvalue weighted by Gasteiger charge is -2.25. The molecule has 0 saturated carbocycles. The number of carbonyl (C=O) groups is 1. The maximum atomic E-state index is 12.2. The Morgan fingerprint density at radius 3 is 2.75 bits per heavy atom. The van der Waals surface area contributed by atoms with Crippen LogP contribution in [0.25, 0.3) is 0 Å². The lowest BCUT2D eigenvalue weighted by molar-refractivity contribution is 0.0765. The zero-order chi connectivity index (χ0) is 14.4. The molecule has 1 aromatic heterocycles. The minimum absolute atomic E-state index is 0.0350. The predicted molar refractivity (Wildman–Crippen MR) is 76.6 cm³/mol. The highest BCUT2D eigenvalue weighted by Crippen LogP contribution is 2.07. The summed E-state index contributed by atoms with van der Waals surface area (Å²) < 4.78 is 11.3. The molecule has 0 aromatic carbocycles. The number of carbonyl (C=O) groups excluding carboxylic acids is 1. The van der Waals surface area contributed by atoms with E-state index in [4.69, 9.17) is 5.11 Å². The van der Waals surface area contributed by atoms with Crippen molar-refractivity contribution in [2.45, 2.75) is 6.42 Å². The van der Waals surface area contributed by atoms with Crippen LogP contribution in [-0.2, 0) is 10.8 Å². The van der Waals surface area contributed by atoms with Crippen molar-refractivity contribution >= 4 is 16.7 Å². The smallest absolute Gasteiger partial charge is 0.272 e. The minimum Gasteiger partial charge on any atom is -0.395 e. The lowest BCUT2D eigenvalue weighted by atomic mass is 10.2. The van der Waals surface area contributed by atoms with Crippen LogP contribution in [0.1, 0.15) is 22.5 Å². The number of aliphatic hydroxyl groups is 1. The first kappa shape index (κ1) is 14.7. The molecule has 0 radical (unpaired) electrons. The zero-order valence-corrected chi connectivity index (χ0v) is 11.9. The van der Waals surface area contributed by atoms with E-state index >= 15 is 0 Å². The molecule has 1 fully saturated rings. The van der Waals surface area contributed by atoms with E-state index in [-0.39, 0.29) is 12.5 Å². The fourth-order valence-corrected chi connectivity index (χ4v) is 2.87. The molecule has 2 heterocycles. The standard InChI is InChI=1S/C14H16N2O3S/c17-8-2-1-3-12-4-5-13(15-11-12)14(18)16-6-9-20(19)10-7-16/h4-5,11,17H,2,6-10H2. The molecule has 0 unspecified atom stereocenters. The van der Waals surface area contributed by atoms with Crippen LogP contribution < -0.4 is 0 Å². The van der Waals surface area contributed by atoms with Crippen molar-refractivity contribution < 1.29 is 14.1 Å². The van der Waals surface area contributed by atoms with Gasteiger partial charge in [0.25, 0.3) is 5.91 Å². The van der Waals surface area contributed by atoms with E-state index in [1.807, 2.05) is 0 Å². The van der Waals surface area contributed by atoms with Gasteiger partial charge >= 0.3 is 0 Å². The van der Waals surface area contributed by atoms with Crippen LogP contribution in [-0.4, -0.2) is 56.3 Å². The van der Waals surface area contributed by atoms with Gasteiger partial charge in [-0.15, -0.1) is 0 Å². The molecule has 5 nitrogen and oxygen atoms in total. The summed E-state index contributed by atoms with van der Waals surface area (Å²) in [5.41, 5.74) is 1.10. The second kappa shape index (κ2) is 7.17. The van der Waals surface area contributed by atoms with Gasteiger partial charge in [0.05, 0.1) is 6.61 Å². The molecule has 1 aliphatic heterocycles. The molecular weight excluding hydrogens is 276 g/mol. The first-order chi connectivity index (χ1) is 9.70. The van der Waals surface area contributed by atoms with Gasteiger partial charge in [-0.25, -0.2) is 4.98 Å². The van der Waals surface area contributed by atoms with Crippen molar-refractivity contribution in [2.75, 3.05) is 31.2 Å². The molecule has 1 aliphatic rings. The fourth-order valence-electron chi connectivity index (χ4n) is 1.82. The number of pyridine rings is 1. The van der Waals surface area contributed by atoms with Crippen molar-refractivity contribution in [1.29, 1.82) is 0 Å². The lowest BCUT2D eigenvalue weighted by Crippen LogP contribution is -2.42. The van der Waals surface area contributed by atoms with Crippen LogP contribution >= 0.6 is 0 Å². The van der Waals surface area contributed by atoms with Crippen LogP contribution in [0.3, 0.4) is 0 Å². The topological polar surface area (TPSA) is 70.5 Å². The van der Waals surface area contributed by atoms with Gasteiger partial charge in [-0.3, -0.25) is 9.00 Å². The second-order valence-electron chi connectivity index (χ2n) is 4.35. The van der Waals surface area contributed by atoms with Gasteiger partial charge in [-0.05, 0) is 12.1 Å². The number of hydrogen-bond acceptors (Lipinski definition) is 4. The van der Waals surface area contributed by atoms with E-state index in [2.05, 4.69) is 16.8 Å². The largest absolute Gasteiger partial charge is 0.395 e. The quantitative estimate of drug-likeness (QED) is 0.780. The number of nitrogens with zero attached hydrogens (tertiary/aromatic N) is 2. The molecule has 2 rings (SSSR count). The first-order valence-electron chi connectivity index (χ1n) is 6.41. The average molecular weight is 292 g/mol. The van der Waals surface area contributed by atoms with Gasteiger partial charge in [-0.1, -0.05) is 11.8 Å². The van der Waals surface area contributed by atoms with Gasteiger partial charge in [0.15, 0.2) is 0 Å². The summed E-state index contributed by atoms with van der Waals surface area (Å²) in [4.78, 5) is 18.0. The number of rotatable bonds is 2. The van der Waals surface area contributed by atoms with Gasteiger partial charge in [0.1, 0.15) is 5.69 Å². The molecule has 0 atom stereocenters. The van der Waals surface area contributed by atoms with Crippen molar-refractivity contribution in [3.8, 4) is 11.8 Å². The molecule has 1 amide bonds. The summed E-state index contributed by atoms with van der Waals surface area (Å²) in [6.45, 7) is 1.07. The molecule has 6 heteroatoms. The summed E-state index contributed by atoms with van der Waals surface area (Å²) in [7, 11) is -0.795. The van der Waals surface area contributed by atoms with E-state index in [1.54, 1.807) is 23.2 Å². The van der Waals surface area contributed by atoms with Crippen molar-refractivity contribution in [3.05, 3.63) is 29.6 Å². The normalized spacial score (nSPS) is 15.6. The highest BCUT2D eigenvalue weighted by Gasteiger charge is 2.21. The van der Waals surface area contributed by atoms with Gasteiger partial charge in [0.2, 0.25) is 0 Å².